The SMILES string of the molecule is CCCCCCC(=O)NCCOCCO. The van der Waals surface area contributed by atoms with Crippen LogP contribution in [-0.4, -0.2) is 37.4 Å². The summed E-state index contributed by atoms with van der Waals surface area (Å²) in [4.78, 5) is 11.2. The second-order valence-corrected chi connectivity index (χ2v) is 3.50. The van der Waals surface area contributed by atoms with Crippen molar-refractivity contribution < 1.29 is 14.6 Å². The standard InChI is InChI=1S/C11H23NO3/c1-2-3-4-5-6-11(14)12-7-9-15-10-8-13/h13H,2-10H2,1H3,(H,12,14). The molecule has 0 aliphatic heterocycles. The molecule has 4 heteroatoms. The molecule has 0 aromatic heterocycles. The van der Waals surface area contributed by atoms with Crippen molar-refractivity contribution in [2.75, 3.05) is 26.4 Å². The molecule has 0 rings (SSSR count). The van der Waals surface area contributed by atoms with Crippen molar-refractivity contribution in [3.05, 3.63) is 0 Å². The van der Waals surface area contributed by atoms with Gasteiger partial charge in [0.15, 0.2) is 0 Å². The first-order valence-corrected chi connectivity index (χ1v) is 5.76. The van der Waals surface area contributed by atoms with Gasteiger partial charge in [0.25, 0.3) is 0 Å². The fraction of sp³-hybridized carbons (Fsp3) is 0.909. The molecule has 90 valence electrons. The quantitative estimate of drug-likeness (QED) is 0.538. The van der Waals surface area contributed by atoms with Gasteiger partial charge in [-0.1, -0.05) is 26.2 Å². The number of hydrogen-bond acceptors (Lipinski definition) is 3. The Kier molecular flexibility index (Phi) is 11.0. The Bertz CT molecular complexity index is 151. The van der Waals surface area contributed by atoms with Crippen LogP contribution in [0.15, 0.2) is 0 Å². The zero-order valence-corrected chi connectivity index (χ0v) is 9.63. The number of unbranched alkanes of at least 4 members (excludes halogenated alkanes) is 3. The summed E-state index contributed by atoms with van der Waals surface area (Å²) in [7, 11) is 0. The summed E-state index contributed by atoms with van der Waals surface area (Å²) in [6.07, 6.45) is 5.10. The molecular weight excluding hydrogens is 194 g/mol. The smallest absolute Gasteiger partial charge is 0.220 e. The summed E-state index contributed by atoms with van der Waals surface area (Å²) in [5.74, 6) is 0.0960. The van der Waals surface area contributed by atoms with Crippen LogP contribution in [0.2, 0.25) is 0 Å². The van der Waals surface area contributed by atoms with Crippen molar-refractivity contribution in [3.8, 4) is 0 Å². The van der Waals surface area contributed by atoms with Crippen LogP contribution >= 0.6 is 0 Å². The van der Waals surface area contributed by atoms with E-state index in [1.807, 2.05) is 0 Å². The third-order valence-corrected chi connectivity index (χ3v) is 2.06. The molecule has 0 atom stereocenters. The van der Waals surface area contributed by atoms with Crippen LogP contribution in [0.3, 0.4) is 0 Å². The fourth-order valence-corrected chi connectivity index (χ4v) is 1.23. The molecule has 0 unspecified atom stereocenters. The first-order chi connectivity index (χ1) is 7.31. The maximum Gasteiger partial charge on any atom is 0.220 e. The second-order valence-electron chi connectivity index (χ2n) is 3.50. The van der Waals surface area contributed by atoms with Gasteiger partial charge in [-0.15, -0.1) is 0 Å². The van der Waals surface area contributed by atoms with Crippen LogP contribution in [0.5, 0.6) is 0 Å². The van der Waals surface area contributed by atoms with Crippen LogP contribution in [0.25, 0.3) is 0 Å². The third kappa shape index (κ3) is 11.3. The maximum absolute atomic E-state index is 11.2. The van der Waals surface area contributed by atoms with Crippen LogP contribution in [0.4, 0.5) is 0 Å². The molecule has 0 aromatic rings. The van der Waals surface area contributed by atoms with E-state index in [1.165, 1.54) is 12.8 Å². The van der Waals surface area contributed by atoms with Crippen molar-refractivity contribution in [3.63, 3.8) is 0 Å². The average molecular weight is 217 g/mol. The molecular formula is C11H23NO3. The highest BCUT2D eigenvalue weighted by atomic mass is 16.5. The zero-order valence-electron chi connectivity index (χ0n) is 9.63. The molecule has 4 nitrogen and oxygen atoms in total. The summed E-state index contributed by atoms with van der Waals surface area (Å²) in [5.41, 5.74) is 0. The Morgan fingerprint density at radius 1 is 1.27 bits per heavy atom. The van der Waals surface area contributed by atoms with Gasteiger partial charge in [-0.2, -0.15) is 0 Å². The largest absolute Gasteiger partial charge is 0.394 e. The van der Waals surface area contributed by atoms with E-state index in [2.05, 4.69) is 12.2 Å². The molecule has 0 aromatic carbocycles. The minimum absolute atomic E-state index is 0.0327. The summed E-state index contributed by atoms with van der Waals surface area (Å²) in [5, 5.41) is 11.2. The van der Waals surface area contributed by atoms with Crippen molar-refractivity contribution in [2.24, 2.45) is 0 Å². The van der Waals surface area contributed by atoms with Gasteiger partial charge in [0.1, 0.15) is 0 Å². The molecule has 0 saturated carbocycles. The Morgan fingerprint density at radius 3 is 2.73 bits per heavy atom. The molecule has 0 fully saturated rings. The van der Waals surface area contributed by atoms with E-state index in [0.717, 1.165) is 12.8 Å². The van der Waals surface area contributed by atoms with E-state index in [-0.39, 0.29) is 12.5 Å². The second kappa shape index (κ2) is 11.5. The zero-order chi connectivity index (χ0) is 11.4. The van der Waals surface area contributed by atoms with Gasteiger partial charge in [-0.25, -0.2) is 0 Å². The minimum atomic E-state index is 0.0327. The number of rotatable bonds is 10. The van der Waals surface area contributed by atoms with Crippen molar-refractivity contribution in [1.82, 2.24) is 5.32 Å². The van der Waals surface area contributed by atoms with E-state index >= 15 is 0 Å². The van der Waals surface area contributed by atoms with Crippen LogP contribution in [0, 0.1) is 0 Å². The van der Waals surface area contributed by atoms with Crippen LogP contribution in [-0.2, 0) is 9.53 Å². The molecule has 0 spiro atoms. The monoisotopic (exact) mass is 217 g/mol. The molecule has 0 aliphatic carbocycles. The lowest BCUT2D eigenvalue weighted by Crippen LogP contribution is -2.27. The lowest BCUT2D eigenvalue weighted by molar-refractivity contribution is -0.121. The predicted molar refractivity (Wildman–Crippen MR) is 59.7 cm³/mol. The fourth-order valence-electron chi connectivity index (χ4n) is 1.23. The van der Waals surface area contributed by atoms with Gasteiger partial charge in [0.2, 0.25) is 5.91 Å². The number of aliphatic hydroxyl groups excluding tert-OH is 1. The topological polar surface area (TPSA) is 58.6 Å². The predicted octanol–water partition coefficient (Wildman–Crippen LogP) is 1.08. The number of ether oxygens (including phenoxy) is 1. The Hall–Kier alpha value is -0.610. The highest BCUT2D eigenvalue weighted by Gasteiger charge is 1.99. The number of amides is 1. The van der Waals surface area contributed by atoms with Crippen molar-refractivity contribution in [2.45, 2.75) is 39.0 Å². The van der Waals surface area contributed by atoms with Gasteiger partial charge in [0.05, 0.1) is 19.8 Å². The van der Waals surface area contributed by atoms with Gasteiger partial charge in [0, 0.05) is 13.0 Å². The molecule has 1 amide bonds. The number of carbonyl (C=O) groups excluding carboxylic acids is 1. The summed E-state index contributed by atoms with van der Waals surface area (Å²) in [6.45, 7) is 3.53. The van der Waals surface area contributed by atoms with Crippen LogP contribution in [0.1, 0.15) is 39.0 Å². The Morgan fingerprint density at radius 2 is 2.07 bits per heavy atom. The highest BCUT2D eigenvalue weighted by Crippen LogP contribution is 2.01. The molecule has 0 aliphatic rings. The number of carbonyl (C=O) groups is 1. The average Bonchev–Trinajstić information content (AvgIpc) is 2.24. The van der Waals surface area contributed by atoms with Crippen molar-refractivity contribution in [1.29, 1.82) is 0 Å². The molecule has 0 radical (unpaired) electrons. The van der Waals surface area contributed by atoms with Crippen molar-refractivity contribution >= 4 is 5.91 Å². The highest BCUT2D eigenvalue weighted by molar-refractivity contribution is 5.75. The van der Waals surface area contributed by atoms with Gasteiger partial charge >= 0.3 is 0 Å². The molecule has 2 N–H and O–H groups in total. The lowest BCUT2D eigenvalue weighted by Gasteiger charge is -2.05. The molecule has 0 heterocycles. The Labute approximate surface area is 92.0 Å². The summed E-state index contributed by atoms with van der Waals surface area (Å²) < 4.78 is 5.01. The molecule has 0 bridgehead atoms. The Balaban J connectivity index is 3.11. The van der Waals surface area contributed by atoms with E-state index < -0.39 is 0 Å². The van der Waals surface area contributed by atoms with Gasteiger partial charge < -0.3 is 15.2 Å². The van der Waals surface area contributed by atoms with E-state index in [9.17, 15) is 4.79 Å². The minimum Gasteiger partial charge on any atom is -0.394 e. The summed E-state index contributed by atoms with van der Waals surface area (Å²) in [6, 6.07) is 0. The molecule has 15 heavy (non-hydrogen) atoms. The van der Waals surface area contributed by atoms with Gasteiger partial charge in [-0.3, -0.25) is 4.79 Å². The first-order valence-electron chi connectivity index (χ1n) is 5.76. The molecule has 0 saturated heterocycles. The van der Waals surface area contributed by atoms with E-state index in [4.69, 9.17) is 9.84 Å². The number of hydrogen-bond donors (Lipinski definition) is 2. The van der Waals surface area contributed by atoms with E-state index in [1.54, 1.807) is 0 Å². The lowest BCUT2D eigenvalue weighted by atomic mass is 10.1. The normalized spacial score (nSPS) is 10.3. The van der Waals surface area contributed by atoms with Gasteiger partial charge in [-0.05, 0) is 6.42 Å². The van der Waals surface area contributed by atoms with E-state index in [0.29, 0.717) is 26.2 Å². The van der Waals surface area contributed by atoms with Crippen LogP contribution < -0.4 is 5.32 Å². The summed E-state index contributed by atoms with van der Waals surface area (Å²) >= 11 is 0. The maximum atomic E-state index is 11.2. The third-order valence-electron chi connectivity index (χ3n) is 2.06. The number of aliphatic hydroxyl groups is 1. The first kappa shape index (κ1) is 14.4. The number of nitrogens with one attached hydrogen (secondary N) is 1.